The molecule has 5 nitrogen and oxygen atoms in total. The minimum absolute atomic E-state index is 0. The van der Waals surface area contributed by atoms with E-state index >= 15 is 0 Å². The molecule has 1 aliphatic heterocycles. The third kappa shape index (κ3) is 6.86. The standard InChI is InChI=1S/C21H32N4OS.HI/c1-16-7-5-11-25(15-16)12-6-10-23-21(22-2)24-14-18(26)20-13-17-8-3-4-9-19(17)27-20;/h3-4,8-9,13,16,18,26H,5-7,10-12,14-15H2,1-2H3,(H2,22,23,24);1H. The van der Waals surface area contributed by atoms with Crippen LogP contribution in [-0.4, -0.2) is 55.7 Å². The van der Waals surface area contributed by atoms with Crippen LogP contribution in [0.25, 0.3) is 10.1 Å². The summed E-state index contributed by atoms with van der Waals surface area (Å²) in [6.07, 6.45) is 3.27. The maximum Gasteiger partial charge on any atom is 0.191 e. The molecule has 1 aromatic heterocycles. The molecule has 7 heteroatoms. The lowest BCUT2D eigenvalue weighted by molar-refractivity contribution is 0.182. The van der Waals surface area contributed by atoms with Crippen molar-refractivity contribution < 1.29 is 5.11 Å². The molecule has 28 heavy (non-hydrogen) atoms. The fraction of sp³-hybridized carbons (Fsp3) is 0.571. The number of fused-ring (bicyclic) bond motifs is 1. The van der Waals surface area contributed by atoms with Gasteiger partial charge in [0.25, 0.3) is 0 Å². The molecule has 3 rings (SSSR count). The number of hydrogen-bond donors (Lipinski definition) is 3. The number of hydrogen-bond acceptors (Lipinski definition) is 4. The smallest absolute Gasteiger partial charge is 0.191 e. The van der Waals surface area contributed by atoms with Crippen LogP contribution >= 0.6 is 35.3 Å². The Labute approximate surface area is 189 Å². The highest BCUT2D eigenvalue weighted by molar-refractivity contribution is 14.0. The summed E-state index contributed by atoms with van der Waals surface area (Å²) in [5, 5.41) is 18.3. The van der Waals surface area contributed by atoms with Crippen molar-refractivity contribution in [3.63, 3.8) is 0 Å². The molecule has 0 radical (unpaired) electrons. The SMILES string of the molecule is CN=C(NCCCN1CCCC(C)C1)NCC(O)c1cc2ccccc2s1.I. The fourth-order valence-corrected chi connectivity index (χ4v) is 4.73. The van der Waals surface area contributed by atoms with Gasteiger partial charge in [-0.15, -0.1) is 35.3 Å². The minimum atomic E-state index is -0.532. The molecule has 156 valence electrons. The minimum Gasteiger partial charge on any atom is -0.386 e. The van der Waals surface area contributed by atoms with Gasteiger partial charge in [0.15, 0.2) is 5.96 Å². The van der Waals surface area contributed by atoms with E-state index in [2.05, 4.69) is 45.6 Å². The highest BCUT2D eigenvalue weighted by Gasteiger charge is 2.15. The van der Waals surface area contributed by atoms with Crippen LogP contribution < -0.4 is 10.6 Å². The number of likely N-dealkylation sites (tertiary alicyclic amines) is 1. The second-order valence-electron chi connectivity index (χ2n) is 7.48. The average molecular weight is 516 g/mol. The van der Waals surface area contributed by atoms with Gasteiger partial charge in [0.1, 0.15) is 6.10 Å². The Hall–Kier alpha value is -0.900. The predicted molar refractivity (Wildman–Crippen MR) is 131 cm³/mol. The summed E-state index contributed by atoms with van der Waals surface area (Å²) in [6, 6.07) is 10.3. The Bertz CT molecular complexity index is 718. The number of thiophene rings is 1. The largest absolute Gasteiger partial charge is 0.386 e. The summed E-state index contributed by atoms with van der Waals surface area (Å²) in [6.45, 7) is 7.30. The lowest BCUT2D eigenvalue weighted by Gasteiger charge is -2.30. The van der Waals surface area contributed by atoms with Gasteiger partial charge >= 0.3 is 0 Å². The number of benzene rings is 1. The Morgan fingerprint density at radius 1 is 1.36 bits per heavy atom. The summed E-state index contributed by atoms with van der Waals surface area (Å²) < 4.78 is 1.21. The van der Waals surface area contributed by atoms with E-state index in [1.807, 2.05) is 12.1 Å². The van der Waals surface area contributed by atoms with Crippen molar-refractivity contribution in [3.8, 4) is 0 Å². The fourth-order valence-electron chi connectivity index (χ4n) is 3.68. The number of aliphatic hydroxyl groups excluding tert-OH is 1. The van der Waals surface area contributed by atoms with Crippen LogP contribution in [-0.2, 0) is 0 Å². The average Bonchev–Trinajstić information content (AvgIpc) is 3.11. The molecule has 2 aromatic rings. The molecule has 0 saturated carbocycles. The van der Waals surface area contributed by atoms with E-state index < -0.39 is 6.10 Å². The second-order valence-corrected chi connectivity index (χ2v) is 8.60. The lowest BCUT2D eigenvalue weighted by Crippen LogP contribution is -2.41. The van der Waals surface area contributed by atoms with Gasteiger partial charge in [-0.3, -0.25) is 4.99 Å². The van der Waals surface area contributed by atoms with Gasteiger partial charge < -0.3 is 20.6 Å². The van der Waals surface area contributed by atoms with E-state index in [1.54, 1.807) is 18.4 Å². The van der Waals surface area contributed by atoms with Crippen LogP contribution in [0.5, 0.6) is 0 Å². The van der Waals surface area contributed by atoms with Crippen molar-refractivity contribution in [1.29, 1.82) is 0 Å². The summed E-state index contributed by atoms with van der Waals surface area (Å²) in [7, 11) is 1.77. The number of piperidine rings is 1. The highest BCUT2D eigenvalue weighted by Crippen LogP contribution is 2.29. The van der Waals surface area contributed by atoms with Crippen molar-refractivity contribution in [3.05, 3.63) is 35.2 Å². The third-order valence-electron chi connectivity index (χ3n) is 5.14. The number of rotatable bonds is 7. The van der Waals surface area contributed by atoms with Crippen molar-refractivity contribution in [2.45, 2.75) is 32.3 Å². The number of aliphatic hydroxyl groups is 1. The molecule has 1 fully saturated rings. The molecule has 0 spiro atoms. The summed E-state index contributed by atoms with van der Waals surface area (Å²) in [4.78, 5) is 7.82. The van der Waals surface area contributed by atoms with Gasteiger partial charge in [-0.25, -0.2) is 0 Å². The number of nitrogens with one attached hydrogen (secondary N) is 2. The second kappa shape index (κ2) is 11.9. The van der Waals surface area contributed by atoms with Gasteiger partial charge in [-0.05, 0) is 55.8 Å². The number of guanidine groups is 1. The van der Waals surface area contributed by atoms with Crippen molar-refractivity contribution in [2.75, 3.05) is 39.8 Å². The van der Waals surface area contributed by atoms with Gasteiger partial charge in [0.2, 0.25) is 0 Å². The molecule has 1 saturated heterocycles. The Morgan fingerprint density at radius 2 is 2.18 bits per heavy atom. The first-order valence-corrected chi connectivity index (χ1v) is 10.8. The Morgan fingerprint density at radius 3 is 2.93 bits per heavy atom. The summed E-state index contributed by atoms with van der Waals surface area (Å²) in [5.74, 6) is 1.58. The van der Waals surface area contributed by atoms with Gasteiger partial charge in [-0.2, -0.15) is 0 Å². The number of aliphatic imine (C=N–C) groups is 1. The van der Waals surface area contributed by atoms with E-state index in [9.17, 15) is 5.11 Å². The third-order valence-corrected chi connectivity index (χ3v) is 6.36. The van der Waals surface area contributed by atoms with Crippen LogP contribution in [0.4, 0.5) is 0 Å². The van der Waals surface area contributed by atoms with Crippen LogP contribution in [0, 0.1) is 5.92 Å². The van der Waals surface area contributed by atoms with E-state index in [0.717, 1.165) is 36.3 Å². The van der Waals surface area contributed by atoms with Crippen molar-refractivity contribution in [1.82, 2.24) is 15.5 Å². The maximum absolute atomic E-state index is 10.5. The van der Waals surface area contributed by atoms with Crippen molar-refractivity contribution >= 4 is 51.4 Å². The lowest BCUT2D eigenvalue weighted by atomic mass is 10.0. The van der Waals surface area contributed by atoms with Crippen LogP contribution in [0.15, 0.2) is 35.3 Å². The number of nitrogens with zero attached hydrogens (tertiary/aromatic N) is 2. The molecule has 0 bridgehead atoms. The van der Waals surface area contributed by atoms with E-state index in [0.29, 0.717) is 6.54 Å². The van der Waals surface area contributed by atoms with Crippen LogP contribution in [0.1, 0.15) is 37.2 Å². The van der Waals surface area contributed by atoms with Crippen LogP contribution in [0.3, 0.4) is 0 Å². The van der Waals surface area contributed by atoms with Gasteiger partial charge in [-0.1, -0.05) is 25.1 Å². The summed E-state index contributed by atoms with van der Waals surface area (Å²) >= 11 is 1.65. The normalized spacial score (nSPS) is 19.2. The molecular formula is C21H33IN4OS. The van der Waals surface area contributed by atoms with E-state index in [-0.39, 0.29) is 24.0 Å². The zero-order valence-electron chi connectivity index (χ0n) is 16.9. The molecule has 2 atom stereocenters. The monoisotopic (exact) mass is 516 g/mol. The first-order valence-electron chi connectivity index (χ1n) is 9.99. The highest BCUT2D eigenvalue weighted by atomic mass is 127. The Balaban J connectivity index is 0.00000280. The first-order chi connectivity index (χ1) is 13.2. The Kier molecular flexibility index (Phi) is 9.98. The molecule has 0 amide bonds. The molecule has 1 aromatic carbocycles. The number of halogens is 1. The quantitative estimate of drug-likeness (QED) is 0.227. The van der Waals surface area contributed by atoms with Gasteiger partial charge in [0, 0.05) is 36.3 Å². The molecule has 2 heterocycles. The molecular weight excluding hydrogens is 483 g/mol. The molecule has 2 unspecified atom stereocenters. The first kappa shape index (κ1) is 23.4. The van der Waals surface area contributed by atoms with E-state index in [4.69, 9.17) is 0 Å². The van der Waals surface area contributed by atoms with Crippen LogP contribution in [0.2, 0.25) is 0 Å². The van der Waals surface area contributed by atoms with Gasteiger partial charge in [0.05, 0.1) is 0 Å². The van der Waals surface area contributed by atoms with Crippen molar-refractivity contribution in [2.24, 2.45) is 10.9 Å². The summed E-state index contributed by atoms with van der Waals surface area (Å²) in [5.41, 5.74) is 0. The molecule has 0 aliphatic carbocycles. The van der Waals surface area contributed by atoms with E-state index in [1.165, 1.54) is 36.0 Å². The predicted octanol–water partition coefficient (Wildman–Crippen LogP) is 3.84. The molecule has 3 N–H and O–H groups in total. The maximum atomic E-state index is 10.5. The topological polar surface area (TPSA) is 59.9 Å². The zero-order chi connectivity index (χ0) is 19.1. The zero-order valence-corrected chi connectivity index (χ0v) is 20.0. The molecule has 1 aliphatic rings.